The largest absolute Gasteiger partial charge is 0.244 e. The van der Waals surface area contributed by atoms with Gasteiger partial charge in [-0.25, -0.2) is 4.98 Å². The number of rotatable bonds is 1. The molecule has 0 amide bonds. The Kier molecular flexibility index (Phi) is 3.21. The van der Waals surface area contributed by atoms with Gasteiger partial charge in [0.15, 0.2) is 0 Å². The Hall–Kier alpha value is -0.280. The molecule has 0 saturated carbocycles. The Labute approximate surface area is 107 Å². The highest BCUT2D eigenvalue weighted by Gasteiger charge is 2.09. The van der Waals surface area contributed by atoms with Crippen LogP contribution in [0.4, 0.5) is 0 Å². The summed E-state index contributed by atoms with van der Waals surface area (Å²) >= 11 is 19.3. The molecule has 78 valence electrons. The molecule has 1 aromatic heterocycles. The van der Waals surface area contributed by atoms with Crippen molar-refractivity contribution in [2.45, 2.75) is 6.92 Å². The number of benzene rings is 1. The highest BCUT2D eigenvalue weighted by Crippen LogP contribution is 2.36. The smallest absolute Gasteiger partial charge is 0.123 e. The molecule has 0 bridgehead atoms. The van der Waals surface area contributed by atoms with E-state index in [2.05, 4.69) is 4.98 Å². The zero-order chi connectivity index (χ0) is 11.0. The molecule has 0 fully saturated rings. The van der Waals surface area contributed by atoms with Crippen LogP contribution in [-0.2, 0) is 0 Å². The topological polar surface area (TPSA) is 12.9 Å². The van der Waals surface area contributed by atoms with E-state index in [9.17, 15) is 0 Å². The monoisotopic (exact) mass is 277 g/mol. The first kappa shape index (κ1) is 11.2. The van der Waals surface area contributed by atoms with E-state index in [0.717, 1.165) is 15.4 Å². The van der Waals surface area contributed by atoms with Gasteiger partial charge in [-0.1, -0.05) is 34.8 Å². The van der Waals surface area contributed by atoms with Crippen molar-refractivity contribution in [3.05, 3.63) is 38.3 Å². The summed E-state index contributed by atoms with van der Waals surface area (Å²) in [6, 6.07) is 3.54. The fourth-order valence-electron chi connectivity index (χ4n) is 1.17. The van der Waals surface area contributed by atoms with Crippen LogP contribution in [0.2, 0.25) is 15.1 Å². The zero-order valence-electron chi connectivity index (χ0n) is 7.72. The molecule has 0 aliphatic carbocycles. The zero-order valence-corrected chi connectivity index (χ0v) is 10.8. The quantitative estimate of drug-likeness (QED) is 0.663. The summed E-state index contributed by atoms with van der Waals surface area (Å²) in [6.07, 6.45) is 1.82. The van der Waals surface area contributed by atoms with Gasteiger partial charge in [0, 0.05) is 16.6 Å². The van der Waals surface area contributed by atoms with Gasteiger partial charge < -0.3 is 0 Å². The molecule has 0 N–H and O–H groups in total. The van der Waals surface area contributed by atoms with Crippen molar-refractivity contribution < 1.29 is 0 Å². The van der Waals surface area contributed by atoms with Crippen LogP contribution in [0, 0.1) is 6.92 Å². The summed E-state index contributed by atoms with van der Waals surface area (Å²) in [5.41, 5.74) is 0.896. The van der Waals surface area contributed by atoms with Crippen LogP contribution in [0.1, 0.15) is 4.88 Å². The van der Waals surface area contributed by atoms with Gasteiger partial charge in [0.1, 0.15) is 5.01 Å². The van der Waals surface area contributed by atoms with Crippen LogP contribution in [0.15, 0.2) is 18.3 Å². The van der Waals surface area contributed by atoms with E-state index in [0.29, 0.717) is 15.1 Å². The molecular formula is C10H6Cl3NS. The predicted octanol–water partition coefficient (Wildman–Crippen LogP) is 5.08. The van der Waals surface area contributed by atoms with Gasteiger partial charge in [-0.15, -0.1) is 11.3 Å². The lowest BCUT2D eigenvalue weighted by atomic mass is 10.2. The number of aromatic nitrogens is 1. The van der Waals surface area contributed by atoms with Crippen molar-refractivity contribution in [1.82, 2.24) is 4.98 Å². The van der Waals surface area contributed by atoms with Crippen LogP contribution in [0.5, 0.6) is 0 Å². The van der Waals surface area contributed by atoms with Gasteiger partial charge in [-0.2, -0.15) is 0 Å². The van der Waals surface area contributed by atoms with E-state index in [1.54, 1.807) is 23.5 Å². The van der Waals surface area contributed by atoms with E-state index in [1.807, 2.05) is 13.1 Å². The maximum atomic E-state index is 5.94. The lowest BCUT2D eigenvalue weighted by molar-refractivity contribution is 1.38. The lowest BCUT2D eigenvalue weighted by Crippen LogP contribution is -1.78. The van der Waals surface area contributed by atoms with Crippen molar-refractivity contribution in [3.8, 4) is 10.6 Å². The SMILES string of the molecule is Cc1cnc(-c2cc(Cl)c(Cl)c(Cl)c2)s1. The number of thiazole rings is 1. The van der Waals surface area contributed by atoms with Gasteiger partial charge in [0.25, 0.3) is 0 Å². The third-order valence-electron chi connectivity index (χ3n) is 1.85. The van der Waals surface area contributed by atoms with E-state index < -0.39 is 0 Å². The molecule has 0 aliphatic heterocycles. The molecule has 0 saturated heterocycles. The Morgan fingerprint density at radius 2 is 1.73 bits per heavy atom. The van der Waals surface area contributed by atoms with Gasteiger partial charge >= 0.3 is 0 Å². The van der Waals surface area contributed by atoms with E-state index >= 15 is 0 Å². The van der Waals surface area contributed by atoms with Crippen molar-refractivity contribution in [3.63, 3.8) is 0 Å². The minimum atomic E-state index is 0.385. The first-order valence-electron chi connectivity index (χ1n) is 4.15. The third-order valence-corrected chi connectivity index (χ3v) is 4.01. The predicted molar refractivity (Wildman–Crippen MR) is 67.3 cm³/mol. The summed E-state index contributed by atoms with van der Waals surface area (Å²) in [5, 5.41) is 2.18. The summed E-state index contributed by atoms with van der Waals surface area (Å²) in [4.78, 5) is 5.40. The number of hydrogen-bond donors (Lipinski definition) is 0. The first-order valence-corrected chi connectivity index (χ1v) is 6.10. The molecule has 0 aliphatic rings. The van der Waals surface area contributed by atoms with Crippen LogP contribution in [0.25, 0.3) is 10.6 Å². The maximum absolute atomic E-state index is 5.94. The van der Waals surface area contributed by atoms with Crippen LogP contribution in [0.3, 0.4) is 0 Å². The van der Waals surface area contributed by atoms with Crippen LogP contribution in [-0.4, -0.2) is 4.98 Å². The number of aryl methyl sites for hydroxylation is 1. The molecule has 1 nitrogen and oxygen atoms in total. The Bertz CT molecular complexity index is 484. The molecule has 2 aromatic rings. The lowest BCUT2D eigenvalue weighted by Gasteiger charge is -2.02. The van der Waals surface area contributed by atoms with Gasteiger partial charge in [-0.05, 0) is 19.1 Å². The highest BCUT2D eigenvalue weighted by atomic mass is 35.5. The molecule has 0 unspecified atom stereocenters. The second-order valence-electron chi connectivity index (χ2n) is 3.03. The van der Waals surface area contributed by atoms with Crippen molar-refractivity contribution in [1.29, 1.82) is 0 Å². The van der Waals surface area contributed by atoms with Crippen LogP contribution < -0.4 is 0 Å². The van der Waals surface area contributed by atoms with Gasteiger partial charge in [0.05, 0.1) is 15.1 Å². The van der Waals surface area contributed by atoms with Gasteiger partial charge in [0.2, 0.25) is 0 Å². The summed E-state index contributed by atoms with van der Waals surface area (Å²) in [7, 11) is 0. The number of halogens is 3. The van der Waals surface area contributed by atoms with Crippen LogP contribution >= 0.6 is 46.1 Å². The Morgan fingerprint density at radius 1 is 1.13 bits per heavy atom. The highest BCUT2D eigenvalue weighted by molar-refractivity contribution is 7.14. The van der Waals surface area contributed by atoms with Gasteiger partial charge in [-0.3, -0.25) is 0 Å². The summed E-state index contributed by atoms with van der Waals surface area (Å²) < 4.78 is 0. The van der Waals surface area contributed by atoms with E-state index in [1.165, 1.54) is 0 Å². The summed E-state index contributed by atoms with van der Waals surface area (Å²) in [6.45, 7) is 2.00. The average Bonchev–Trinajstić information content (AvgIpc) is 2.60. The molecule has 0 atom stereocenters. The standard InChI is InChI=1S/C10H6Cl3NS/c1-5-4-14-10(15-5)6-2-7(11)9(13)8(12)3-6/h2-4H,1H3. The first-order chi connectivity index (χ1) is 7.08. The number of nitrogens with zero attached hydrogens (tertiary/aromatic N) is 1. The molecule has 1 aromatic carbocycles. The Morgan fingerprint density at radius 3 is 2.20 bits per heavy atom. The molecule has 1 heterocycles. The van der Waals surface area contributed by atoms with Crippen molar-refractivity contribution in [2.75, 3.05) is 0 Å². The summed E-state index contributed by atoms with van der Waals surface area (Å²) in [5.74, 6) is 0. The van der Waals surface area contributed by atoms with Crippen molar-refractivity contribution >= 4 is 46.1 Å². The maximum Gasteiger partial charge on any atom is 0.123 e. The fraction of sp³-hybridized carbons (Fsp3) is 0.100. The molecular weight excluding hydrogens is 273 g/mol. The minimum Gasteiger partial charge on any atom is -0.244 e. The molecule has 2 rings (SSSR count). The second kappa shape index (κ2) is 4.30. The normalized spacial score (nSPS) is 10.7. The van der Waals surface area contributed by atoms with E-state index in [-0.39, 0.29) is 0 Å². The minimum absolute atomic E-state index is 0.385. The third kappa shape index (κ3) is 2.28. The molecule has 0 spiro atoms. The molecule has 15 heavy (non-hydrogen) atoms. The average molecular weight is 279 g/mol. The van der Waals surface area contributed by atoms with E-state index in [4.69, 9.17) is 34.8 Å². The van der Waals surface area contributed by atoms with Crippen molar-refractivity contribution in [2.24, 2.45) is 0 Å². The fourth-order valence-corrected chi connectivity index (χ4v) is 2.51. The molecule has 5 heteroatoms. The second-order valence-corrected chi connectivity index (χ2v) is 5.46. The molecule has 0 radical (unpaired) electrons. The number of hydrogen-bond acceptors (Lipinski definition) is 2. The Balaban J connectivity index is 2.55.